The van der Waals surface area contributed by atoms with Crippen LogP contribution < -0.4 is 5.32 Å². The van der Waals surface area contributed by atoms with Crippen molar-refractivity contribution in [1.29, 1.82) is 0 Å². The molecule has 0 unspecified atom stereocenters. The summed E-state index contributed by atoms with van der Waals surface area (Å²) in [5.41, 5.74) is 0.554. The summed E-state index contributed by atoms with van der Waals surface area (Å²) < 4.78 is 9.29. The van der Waals surface area contributed by atoms with Crippen LogP contribution in [0.1, 0.15) is 32.0 Å². The molecule has 0 aliphatic heterocycles. The quantitative estimate of drug-likeness (QED) is 0.796. The monoisotopic (exact) mass is 241 g/mol. The SMILES string of the molecule is CCC1(CNc2nc(CCOC)ns2)CC1. The first kappa shape index (κ1) is 11.8. The molecule has 0 aromatic carbocycles. The van der Waals surface area contributed by atoms with Crippen molar-refractivity contribution in [3.05, 3.63) is 5.82 Å². The zero-order valence-electron chi connectivity index (χ0n) is 9.95. The smallest absolute Gasteiger partial charge is 0.202 e. The maximum Gasteiger partial charge on any atom is 0.202 e. The largest absolute Gasteiger partial charge is 0.384 e. The van der Waals surface area contributed by atoms with Crippen LogP contribution in [0.3, 0.4) is 0 Å². The molecule has 0 amide bonds. The van der Waals surface area contributed by atoms with Crippen molar-refractivity contribution < 1.29 is 4.74 Å². The highest BCUT2D eigenvalue weighted by atomic mass is 32.1. The average molecular weight is 241 g/mol. The van der Waals surface area contributed by atoms with Gasteiger partial charge in [-0.05, 0) is 24.7 Å². The van der Waals surface area contributed by atoms with Gasteiger partial charge in [0.25, 0.3) is 0 Å². The fourth-order valence-corrected chi connectivity index (χ4v) is 2.32. The van der Waals surface area contributed by atoms with Crippen molar-refractivity contribution in [1.82, 2.24) is 9.36 Å². The predicted molar refractivity (Wildman–Crippen MR) is 65.9 cm³/mol. The second kappa shape index (κ2) is 5.10. The molecule has 1 aliphatic carbocycles. The van der Waals surface area contributed by atoms with Crippen LogP contribution >= 0.6 is 11.5 Å². The Morgan fingerprint density at radius 1 is 1.50 bits per heavy atom. The summed E-state index contributed by atoms with van der Waals surface area (Å²) in [5.74, 6) is 0.885. The summed E-state index contributed by atoms with van der Waals surface area (Å²) in [7, 11) is 1.70. The fraction of sp³-hybridized carbons (Fsp3) is 0.818. The molecule has 1 heterocycles. The highest BCUT2D eigenvalue weighted by molar-refractivity contribution is 7.09. The van der Waals surface area contributed by atoms with E-state index in [1.165, 1.54) is 30.8 Å². The molecular weight excluding hydrogens is 222 g/mol. The first-order valence-electron chi connectivity index (χ1n) is 5.83. The minimum absolute atomic E-state index is 0.554. The van der Waals surface area contributed by atoms with Gasteiger partial charge in [-0.1, -0.05) is 6.92 Å². The molecule has 0 atom stereocenters. The van der Waals surface area contributed by atoms with Crippen LogP contribution in [0.2, 0.25) is 0 Å². The third-order valence-electron chi connectivity index (χ3n) is 3.32. The van der Waals surface area contributed by atoms with Crippen molar-refractivity contribution in [2.24, 2.45) is 5.41 Å². The van der Waals surface area contributed by atoms with Crippen LogP contribution in [0, 0.1) is 5.41 Å². The minimum atomic E-state index is 0.554. The van der Waals surface area contributed by atoms with E-state index in [9.17, 15) is 0 Å². The van der Waals surface area contributed by atoms with Crippen LogP contribution in [0.4, 0.5) is 5.13 Å². The van der Waals surface area contributed by atoms with Gasteiger partial charge in [-0.2, -0.15) is 4.37 Å². The van der Waals surface area contributed by atoms with E-state index in [0.29, 0.717) is 12.0 Å². The molecule has 1 aliphatic rings. The molecule has 90 valence electrons. The highest BCUT2D eigenvalue weighted by Gasteiger charge is 2.40. The van der Waals surface area contributed by atoms with Crippen LogP contribution in [-0.4, -0.2) is 29.6 Å². The molecule has 4 nitrogen and oxygen atoms in total. The van der Waals surface area contributed by atoms with Gasteiger partial charge in [0, 0.05) is 31.6 Å². The zero-order valence-corrected chi connectivity index (χ0v) is 10.8. The van der Waals surface area contributed by atoms with Crippen LogP contribution in [0.5, 0.6) is 0 Å². The molecule has 1 saturated carbocycles. The lowest BCUT2D eigenvalue weighted by Gasteiger charge is -2.11. The highest BCUT2D eigenvalue weighted by Crippen LogP contribution is 2.48. The van der Waals surface area contributed by atoms with Gasteiger partial charge in [0.05, 0.1) is 6.61 Å². The van der Waals surface area contributed by atoms with Crippen molar-refractivity contribution in [3.63, 3.8) is 0 Å². The summed E-state index contributed by atoms with van der Waals surface area (Å²) in [5, 5.41) is 4.35. The van der Waals surface area contributed by atoms with Gasteiger partial charge >= 0.3 is 0 Å². The topological polar surface area (TPSA) is 47.0 Å². The Balaban J connectivity index is 1.79. The Labute approximate surface area is 101 Å². The number of methoxy groups -OCH3 is 1. The Bertz CT molecular complexity index is 336. The molecule has 5 heteroatoms. The number of ether oxygens (including phenoxy) is 1. The van der Waals surface area contributed by atoms with E-state index in [0.717, 1.165) is 23.9 Å². The van der Waals surface area contributed by atoms with E-state index < -0.39 is 0 Å². The number of nitrogens with one attached hydrogen (secondary N) is 1. The number of hydrogen-bond donors (Lipinski definition) is 1. The maximum absolute atomic E-state index is 5.00. The van der Waals surface area contributed by atoms with Crippen molar-refractivity contribution in [3.8, 4) is 0 Å². The summed E-state index contributed by atoms with van der Waals surface area (Å²) in [6.45, 7) is 4.00. The first-order valence-corrected chi connectivity index (χ1v) is 6.61. The molecule has 0 spiro atoms. The number of aromatic nitrogens is 2. The Morgan fingerprint density at radius 3 is 2.94 bits per heavy atom. The minimum Gasteiger partial charge on any atom is -0.384 e. The lowest BCUT2D eigenvalue weighted by atomic mass is 10.0. The number of hydrogen-bond acceptors (Lipinski definition) is 5. The third-order valence-corrected chi connectivity index (χ3v) is 4.03. The Hall–Kier alpha value is -0.680. The summed E-state index contributed by atoms with van der Waals surface area (Å²) in [6, 6.07) is 0. The van der Waals surface area contributed by atoms with Crippen molar-refractivity contribution in [2.45, 2.75) is 32.6 Å². The van der Waals surface area contributed by atoms with E-state index in [4.69, 9.17) is 4.74 Å². The van der Waals surface area contributed by atoms with Gasteiger partial charge in [-0.3, -0.25) is 0 Å². The van der Waals surface area contributed by atoms with Gasteiger partial charge in [0.2, 0.25) is 5.13 Å². The Morgan fingerprint density at radius 2 is 2.31 bits per heavy atom. The van der Waals surface area contributed by atoms with E-state index in [-0.39, 0.29) is 0 Å². The summed E-state index contributed by atoms with van der Waals surface area (Å²) >= 11 is 1.45. The third kappa shape index (κ3) is 2.92. The summed E-state index contributed by atoms with van der Waals surface area (Å²) in [4.78, 5) is 4.43. The molecule has 0 bridgehead atoms. The van der Waals surface area contributed by atoms with E-state index >= 15 is 0 Å². The molecule has 16 heavy (non-hydrogen) atoms. The van der Waals surface area contributed by atoms with E-state index in [1.54, 1.807) is 7.11 Å². The number of nitrogens with zero attached hydrogens (tertiary/aromatic N) is 2. The van der Waals surface area contributed by atoms with Gasteiger partial charge < -0.3 is 10.1 Å². The van der Waals surface area contributed by atoms with Gasteiger partial charge in [0.15, 0.2) is 0 Å². The molecule has 0 radical (unpaired) electrons. The molecular formula is C11H19N3OS. The second-order valence-corrected chi connectivity index (χ2v) is 5.22. The van der Waals surface area contributed by atoms with Gasteiger partial charge in [-0.25, -0.2) is 4.98 Å². The second-order valence-electron chi connectivity index (χ2n) is 4.47. The van der Waals surface area contributed by atoms with Crippen LogP contribution in [0.25, 0.3) is 0 Å². The predicted octanol–water partition coefficient (Wildman–Crippen LogP) is 2.33. The zero-order chi connectivity index (χ0) is 11.4. The maximum atomic E-state index is 5.00. The molecule has 1 aromatic heterocycles. The van der Waals surface area contributed by atoms with Crippen molar-refractivity contribution >= 4 is 16.7 Å². The van der Waals surface area contributed by atoms with E-state index in [2.05, 4.69) is 21.6 Å². The standard InChI is InChI=1S/C11H19N3OS/c1-3-11(5-6-11)8-12-10-13-9(14-16-10)4-7-15-2/h3-8H2,1-2H3,(H,12,13,14). The van der Waals surface area contributed by atoms with Gasteiger partial charge in [0.1, 0.15) is 5.82 Å². The molecule has 0 saturated heterocycles. The van der Waals surface area contributed by atoms with Crippen LogP contribution in [-0.2, 0) is 11.2 Å². The molecule has 2 rings (SSSR count). The van der Waals surface area contributed by atoms with E-state index in [1.807, 2.05) is 0 Å². The lowest BCUT2D eigenvalue weighted by molar-refractivity contribution is 0.201. The fourth-order valence-electron chi connectivity index (χ4n) is 1.72. The average Bonchev–Trinajstić information content (AvgIpc) is 2.96. The number of rotatable bonds is 7. The lowest BCUT2D eigenvalue weighted by Crippen LogP contribution is -2.14. The first-order chi connectivity index (χ1) is 7.78. The molecule has 1 fully saturated rings. The number of anilines is 1. The summed E-state index contributed by atoms with van der Waals surface area (Å²) in [6.07, 6.45) is 4.76. The normalized spacial score (nSPS) is 17.4. The van der Waals surface area contributed by atoms with Crippen molar-refractivity contribution in [2.75, 3.05) is 25.6 Å². The van der Waals surface area contributed by atoms with Gasteiger partial charge in [-0.15, -0.1) is 0 Å². The molecule has 1 aromatic rings. The van der Waals surface area contributed by atoms with Crippen LogP contribution in [0.15, 0.2) is 0 Å². The molecule has 1 N–H and O–H groups in total. The Kier molecular flexibility index (Phi) is 3.76.